The summed E-state index contributed by atoms with van der Waals surface area (Å²) in [6.45, 7) is 6.04. The van der Waals surface area contributed by atoms with Gasteiger partial charge in [-0.25, -0.2) is 22.6 Å². The third-order valence-corrected chi connectivity index (χ3v) is 9.23. The predicted octanol–water partition coefficient (Wildman–Crippen LogP) is 9.74. The first kappa shape index (κ1) is 28.2. The van der Waals surface area contributed by atoms with Gasteiger partial charge in [0.1, 0.15) is 35.4 Å². The summed E-state index contributed by atoms with van der Waals surface area (Å²) in [5.41, 5.74) is -0.922. The maximum Gasteiger partial charge on any atom is 0.222 e. The van der Waals surface area contributed by atoms with E-state index in [-0.39, 0.29) is 24.0 Å². The first-order valence-electron chi connectivity index (χ1n) is 14.9. The summed E-state index contributed by atoms with van der Waals surface area (Å²) >= 11 is 0. The van der Waals surface area contributed by atoms with Gasteiger partial charge in [0.05, 0.1) is 11.1 Å². The average molecular weight is 544 g/mol. The number of unbranched alkanes of at least 4 members (excludes halogenated alkanes) is 3. The lowest BCUT2D eigenvalue weighted by Crippen LogP contribution is -2.30. The maximum absolute atomic E-state index is 15.3. The fourth-order valence-corrected chi connectivity index (χ4v) is 7.15. The minimum atomic E-state index is -0.955. The molecular formula is C33H41F4NO. The molecule has 4 atom stereocenters. The van der Waals surface area contributed by atoms with E-state index in [4.69, 9.17) is 4.74 Å². The molecule has 212 valence electrons. The number of nitrogens with zero attached hydrogens (tertiary/aromatic N) is 1. The van der Waals surface area contributed by atoms with Gasteiger partial charge in [0, 0.05) is 0 Å². The predicted molar refractivity (Wildman–Crippen MR) is 148 cm³/mol. The van der Waals surface area contributed by atoms with Crippen molar-refractivity contribution in [1.82, 2.24) is 0 Å². The van der Waals surface area contributed by atoms with Crippen LogP contribution in [-0.2, 0) is 4.74 Å². The molecule has 0 aromatic heterocycles. The van der Waals surface area contributed by atoms with Crippen LogP contribution in [0.4, 0.5) is 17.6 Å². The smallest absolute Gasteiger partial charge is 0.222 e. The second kappa shape index (κ2) is 11.6. The summed E-state index contributed by atoms with van der Waals surface area (Å²) in [6.07, 6.45) is 13.4. The monoisotopic (exact) mass is 543 g/mol. The van der Waals surface area contributed by atoms with E-state index in [1.807, 2.05) is 0 Å². The molecule has 2 aromatic carbocycles. The van der Waals surface area contributed by atoms with Crippen molar-refractivity contribution < 1.29 is 22.3 Å². The largest absolute Gasteiger partial charge is 0.475 e. The molecule has 0 amide bonds. The quantitative estimate of drug-likeness (QED) is 0.240. The Morgan fingerprint density at radius 3 is 2.08 bits per heavy atom. The Hall–Kier alpha value is -2.37. The molecule has 4 unspecified atom stereocenters. The minimum Gasteiger partial charge on any atom is -0.475 e. The Balaban J connectivity index is 1.29. The molecule has 0 N–H and O–H groups in total. The highest BCUT2D eigenvalue weighted by Gasteiger charge is 2.36. The van der Waals surface area contributed by atoms with Crippen molar-refractivity contribution in [3.05, 3.63) is 58.7 Å². The zero-order valence-corrected chi connectivity index (χ0v) is 23.5. The topological polar surface area (TPSA) is 21.6 Å². The van der Waals surface area contributed by atoms with Crippen LogP contribution in [0.1, 0.15) is 108 Å². The Morgan fingerprint density at radius 1 is 0.795 bits per heavy atom. The first-order chi connectivity index (χ1) is 18.6. The van der Waals surface area contributed by atoms with Crippen LogP contribution in [0, 0.1) is 41.0 Å². The third-order valence-electron chi connectivity index (χ3n) is 9.23. The normalized spacial score (nSPS) is 26.2. The van der Waals surface area contributed by atoms with E-state index in [0.29, 0.717) is 11.5 Å². The molecule has 2 nitrogen and oxygen atoms in total. The lowest BCUT2D eigenvalue weighted by molar-refractivity contribution is 0.113. The lowest BCUT2D eigenvalue weighted by atomic mass is 9.63. The van der Waals surface area contributed by atoms with E-state index in [1.165, 1.54) is 63.5 Å². The van der Waals surface area contributed by atoms with E-state index in [9.17, 15) is 8.78 Å². The maximum atomic E-state index is 15.3. The van der Waals surface area contributed by atoms with Crippen LogP contribution in [0.2, 0.25) is 0 Å². The molecule has 0 radical (unpaired) electrons. The molecule has 6 heteroatoms. The van der Waals surface area contributed by atoms with Crippen molar-refractivity contribution >= 4 is 5.90 Å². The molecule has 3 aliphatic rings. The highest BCUT2D eigenvalue weighted by atomic mass is 19.1. The number of benzene rings is 2. The van der Waals surface area contributed by atoms with Gasteiger partial charge in [-0.05, 0) is 105 Å². The summed E-state index contributed by atoms with van der Waals surface area (Å²) in [4.78, 5) is 4.23. The highest BCUT2D eigenvalue weighted by Crippen LogP contribution is 2.49. The van der Waals surface area contributed by atoms with E-state index in [2.05, 4.69) is 11.9 Å². The Morgan fingerprint density at radius 2 is 1.44 bits per heavy atom. The third kappa shape index (κ3) is 6.20. The average Bonchev–Trinajstić information content (AvgIpc) is 3.24. The molecule has 1 aliphatic heterocycles. The zero-order valence-electron chi connectivity index (χ0n) is 23.5. The van der Waals surface area contributed by atoms with Crippen molar-refractivity contribution in [2.45, 2.75) is 103 Å². The number of halogens is 4. The van der Waals surface area contributed by atoms with Crippen LogP contribution in [0.5, 0.6) is 0 Å². The van der Waals surface area contributed by atoms with Gasteiger partial charge in [-0.15, -0.1) is 0 Å². The van der Waals surface area contributed by atoms with Gasteiger partial charge in [-0.1, -0.05) is 45.4 Å². The summed E-state index contributed by atoms with van der Waals surface area (Å²) in [5.74, 6) is -1.32. The van der Waals surface area contributed by atoms with Crippen LogP contribution in [0.3, 0.4) is 0 Å². The van der Waals surface area contributed by atoms with Crippen molar-refractivity contribution in [3.8, 4) is 11.1 Å². The second-order valence-electron chi connectivity index (χ2n) is 12.8. The lowest BCUT2D eigenvalue weighted by Gasteiger charge is -2.42. The molecule has 0 bridgehead atoms. The number of hydrogen-bond donors (Lipinski definition) is 0. The number of hydrogen-bond acceptors (Lipinski definition) is 2. The Labute approximate surface area is 230 Å². The molecule has 1 heterocycles. The molecule has 2 fully saturated rings. The van der Waals surface area contributed by atoms with E-state index < -0.39 is 39.9 Å². The van der Waals surface area contributed by atoms with Gasteiger partial charge in [-0.3, -0.25) is 0 Å². The Kier molecular flexibility index (Phi) is 8.40. The molecule has 0 saturated heterocycles. The van der Waals surface area contributed by atoms with Gasteiger partial charge in [-0.2, -0.15) is 0 Å². The second-order valence-corrected chi connectivity index (χ2v) is 12.8. The van der Waals surface area contributed by atoms with E-state index >= 15 is 8.78 Å². The van der Waals surface area contributed by atoms with Crippen molar-refractivity contribution in [3.63, 3.8) is 0 Å². The van der Waals surface area contributed by atoms with Gasteiger partial charge in [0.25, 0.3) is 0 Å². The molecule has 0 spiro atoms. The summed E-state index contributed by atoms with van der Waals surface area (Å²) in [7, 11) is 0. The number of rotatable bonds is 8. The SMILES string of the molecule is CCCCCCC1CCC2CC(c3cc(F)c(-c4cc(F)c(C5=NC(C)(C)CO5)c(F)c4)c(F)c3)CCC2C1. The van der Waals surface area contributed by atoms with E-state index in [0.717, 1.165) is 43.2 Å². The molecule has 39 heavy (non-hydrogen) atoms. The minimum absolute atomic E-state index is 0.113. The molecule has 5 rings (SSSR count). The summed E-state index contributed by atoms with van der Waals surface area (Å²) in [5, 5.41) is 0. The summed E-state index contributed by atoms with van der Waals surface area (Å²) in [6, 6.07) is 4.67. The number of fused-ring (bicyclic) bond motifs is 1. The van der Waals surface area contributed by atoms with Crippen LogP contribution in [-0.4, -0.2) is 18.0 Å². The van der Waals surface area contributed by atoms with Gasteiger partial charge in [0.15, 0.2) is 0 Å². The van der Waals surface area contributed by atoms with Gasteiger partial charge < -0.3 is 4.74 Å². The Bertz CT molecular complexity index is 1180. The fraction of sp³-hybridized carbons (Fsp3) is 0.606. The zero-order chi connectivity index (χ0) is 27.7. The summed E-state index contributed by atoms with van der Waals surface area (Å²) < 4.78 is 66.0. The van der Waals surface area contributed by atoms with Crippen LogP contribution in [0.15, 0.2) is 29.3 Å². The molecule has 2 aromatic rings. The fourth-order valence-electron chi connectivity index (χ4n) is 7.15. The van der Waals surface area contributed by atoms with Gasteiger partial charge >= 0.3 is 0 Å². The molecule has 2 aliphatic carbocycles. The number of aliphatic imine (C=N–C) groups is 1. The van der Waals surface area contributed by atoms with Crippen molar-refractivity contribution in [2.75, 3.05) is 6.61 Å². The van der Waals surface area contributed by atoms with Crippen LogP contribution in [0.25, 0.3) is 11.1 Å². The highest BCUT2D eigenvalue weighted by molar-refractivity contribution is 5.96. The van der Waals surface area contributed by atoms with Crippen molar-refractivity contribution in [2.24, 2.45) is 22.7 Å². The molecular weight excluding hydrogens is 502 g/mol. The van der Waals surface area contributed by atoms with Crippen molar-refractivity contribution in [1.29, 1.82) is 0 Å². The van der Waals surface area contributed by atoms with Gasteiger partial charge in [0.2, 0.25) is 5.90 Å². The molecule has 2 saturated carbocycles. The standard InChI is InChI=1S/C33H41F4NO/c1-4-5-6-7-8-20-9-10-22-14-23(12-11-21(22)13-20)24-15-26(34)30(27(35)16-24)25-17-28(36)31(29(37)18-25)32-38-33(2,3)19-39-32/h15-18,20-23H,4-14,19H2,1-3H3. The first-order valence-corrected chi connectivity index (χ1v) is 14.9. The van der Waals surface area contributed by atoms with E-state index in [1.54, 1.807) is 13.8 Å². The van der Waals surface area contributed by atoms with Crippen LogP contribution >= 0.6 is 0 Å². The van der Waals surface area contributed by atoms with Crippen LogP contribution < -0.4 is 0 Å². The number of ether oxygens (including phenoxy) is 1.